The largest absolute Gasteiger partial charge is 0.481 e. The van der Waals surface area contributed by atoms with Crippen molar-refractivity contribution in [3.05, 3.63) is 39.4 Å². The zero-order valence-corrected chi connectivity index (χ0v) is 10.00. The van der Waals surface area contributed by atoms with Crippen LogP contribution in [-0.2, 0) is 9.59 Å². The first-order valence-electron chi connectivity index (χ1n) is 4.51. The molecular formula is C11H8Cl2O4. The second-order valence-corrected chi connectivity index (χ2v) is 3.99. The van der Waals surface area contributed by atoms with Crippen LogP contribution in [0.1, 0.15) is 12.0 Å². The Morgan fingerprint density at radius 2 is 1.71 bits per heavy atom. The number of carboxylic acids is 2. The Balaban J connectivity index is 3.21. The van der Waals surface area contributed by atoms with Gasteiger partial charge in [-0.1, -0.05) is 29.3 Å². The lowest BCUT2D eigenvalue weighted by Crippen LogP contribution is -2.06. The molecular weight excluding hydrogens is 267 g/mol. The Morgan fingerprint density at radius 1 is 1.18 bits per heavy atom. The molecule has 0 heterocycles. The SMILES string of the molecule is O=C(O)C/C(=C\c1c(Cl)cccc1Cl)C(=O)O. The van der Waals surface area contributed by atoms with Crippen molar-refractivity contribution in [2.24, 2.45) is 0 Å². The highest BCUT2D eigenvalue weighted by Crippen LogP contribution is 2.27. The van der Waals surface area contributed by atoms with Crippen LogP contribution in [0, 0.1) is 0 Å². The molecule has 1 rings (SSSR count). The molecule has 0 atom stereocenters. The lowest BCUT2D eigenvalue weighted by molar-refractivity contribution is -0.139. The number of hydrogen-bond acceptors (Lipinski definition) is 2. The first-order chi connectivity index (χ1) is 7.91. The van der Waals surface area contributed by atoms with Crippen molar-refractivity contribution in [1.29, 1.82) is 0 Å². The van der Waals surface area contributed by atoms with Gasteiger partial charge in [-0.05, 0) is 18.2 Å². The minimum absolute atomic E-state index is 0.265. The number of aliphatic carboxylic acids is 2. The smallest absolute Gasteiger partial charge is 0.332 e. The lowest BCUT2D eigenvalue weighted by Gasteiger charge is -2.03. The third-order valence-electron chi connectivity index (χ3n) is 1.93. The van der Waals surface area contributed by atoms with Crippen molar-refractivity contribution >= 4 is 41.2 Å². The number of carboxylic acid groups (broad SMARTS) is 2. The molecule has 1 aromatic rings. The van der Waals surface area contributed by atoms with E-state index in [-0.39, 0.29) is 15.6 Å². The zero-order chi connectivity index (χ0) is 13.0. The summed E-state index contributed by atoms with van der Waals surface area (Å²) in [6.45, 7) is 0. The van der Waals surface area contributed by atoms with E-state index in [1.807, 2.05) is 0 Å². The van der Waals surface area contributed by atoms with Gasteiger partial charge in [0.15, 0.2) is 0 Å². The van der Waals surface area contributed by atoms with Gasteiger partial charge in [-0.3, -0.25) is 4.79 Å². The van der Waals surface area contributed by atoms with E-state index in [9.17, 15) is 9.59 Å². The van der Waals surface area contributed by atoms with E-state index < -0.39 is 18.4 Å². The highest BCUT2D eigenvalue weighted by molar-refractivity contribution is 6.37. The van der Waals surface area contributed by atoms with E-state index in [1.165, 1.54) is 6.08 Å². The maximum absolute atomic E-state index is 10.8. The second kappa shape index (κ2) is 5.70. The summed E-state index contributed by atoms with van der Waals surface area (Å²) in [6.07, 6.45) is 0.567. The van der Waals surface area contributed by atoms with Crippen LogP contribution in [0.5, 0.6) is 0 Å². The van der Waals surface area contributed by atoms with Gasteiger partial charge in [-0.15, -0.1) is 0 Å². The molecule has 17 heavy (non-hydrogen) atoms. The average molecular weight is 275 g/mol. The maximum atomic E-state index is 10.8. The maximum Gasteiger partial charge on any atom is 0.332 e. The van der Waals surface area contributed by atoms with Gasteiger partial charge in [0.1, 0.15) is 0 Å². The molecule has 0 amide bonds. The van der Waals surface area contributed by atoms with E-state index in [0.717, 1.165) is 0 Å². The Hall–Kier alpha value is -1.52. The number of halogens is 2. The standard InChI is InChI=1S/C11H8Cl2O4/c12-8-2-1-3-9(13)7(8)4-6(11(16)17)5-10(14)15/h1-4H,5H2,(H,14,15)(H,16,17)/b6-4+. The molecule has 0 saturated heterocycles. The first kappa shape index (κ1) is 13.5. The summed E-state index contributed by atoms with van der Waals surface area (Å²) in [7, 11) is 0. The summed E-state index contributed by atoms with van der Waals surface area (Å²) in [5.74, 6) is -2.55. The fraction of sp³-hybridized carbons (Fsp3) is 0.0909. The van der Waals surface area contributed by atoms with Crippen LogP contribution in [-0.4, -0.2) is 22.2 Å². The molecule has 0 aromatic heterocycles. The third kappa shape index (κ3) is 3.76. The summed E-state index contributed by atoms with van der Waals surface area (Å²) in [5.41, 5.74) is 0.0157. The number of carbonyl (C=O) groups is 2. The van der Waals surface area contributed by atoms with Crippen molar-refractivity contribution in [2.75, 3.05) is 0 Å². The fourth-order valence-corrected chi connectivity index (χ4v) is 1.68. The molecule has 0 spiro atoms. The number of hydrogen-bond donors (Lipinski definition) is 2. The quantitative estimate of drug-likeness (QED) is 0.828. The van der Waals surface area contributed by atoms with Crippen LogP contribution in [0.4, 0.5) is 0 Å². The Bertz CT molecular complexity index is 474. The van der Waals surface area contributed by atoms with Gasteiger partial charge in [0.2, 0.25) is 0 Å². The molecule has 4 nitrogen and oxygen atoms in total. The highest BCUT2D eigenvalue weighted by Gasteiger charge is 2.13. The summed E-state index contributed by atoms with van der Waals surface area (Å²) >= 11 is 11.7. The van der Waals surface area contributed by atoms with Gasteiger partial charge in [0.05, 0.1) is 6.42 Å². The minimum atomic E-state index is -1.32. The van der Waals surface area contributed by atoms with Gasteiger partial charge < -0.3 is 10.2 Å². The summed E-state index contributed by atoms with van der Waals surface area (Å²) in [5, 5.41) is 18.0. The minimum Gasteiger partial charge on any atom is -0.481 e. The molecule has 0 radical (unpaired) electrons. The molecule has 90 valence electrons. The van der Waals surface area contributed by atoms with Crippen LogP contribution >= 0.6 is 23.2 Å². The second-order valence-electron chi connectivity index (χ2n) is 3.18. The molecule has 2 N–H and O–H groups in total. The van der Waals surface area contributed by atoms with Crippen molar-refractivity contribution in [1.82, 2.24) is 0 Å². The van der Waals surface area contributed by atoms with E-state index in [1.54, 1.807) is 18.2 Å². The third-order valence-corrected chi connectivity index (χ3v) is 2.59. The Kier molecular flexibility index (Phi) is 4.54. The topological polar surface area (TPSA) is 74.6 Å². The average Bonchev–Trinajstić information content (AvgIpc) is 2.21. The van der Waals surface area contributed by atoms with E-state index in [2.05, 4.69) is 0 Å². The predicted octanol–water partition coefficient (Wildman–Crippen LogP) is 2.94. The summed E-state index contributed by atoms with van der Waals surface area (Å²) in [4.78, 5) is 21.3. The van der Waals surface area contributed by atoms with Crippen molar-refractivity contribution < 1.29 is 19.8 Å². The van der Waals surface area contributed by atoms with Crippen LogP contribution in [0.2, 0.25) is 10.0 Å². The number of rotatable bonds is 4. The molecule has 0 fully saturated rings. The molecule has 0 saturated carbocycles. The lowest BCUT2D eigenvalue weighted by atomic mass is 10.1. The van der Waals surface area contributed by atoms with Crippen molar-refractivity contribution in [2.45, 2.75) is 6.42 Å². The van der Waals surface area contributed by atoms with E-state index in [4.69, 9.17) is 33.4 Å². The predicted molar refractivity (Wildman–Crippen MR) is 64.3 cm³/mol. The van der Waals surface area contributed by atoms with E-state index in [0.29, 0.717) is 5.56 Å². The Morgan fingerprint density at radius 3 is 2.12 bits per heavy atom. The monoisotopic (exact) mass is 274 g/mol. The van der Waals surface area contributed by atoms with Gasteiger partial charge in [-0.2, -0.15) is 0 Å². The molecule has 0 aliphatic rings. The summed E-state index contributed by atoms with van der Waals surface area (Å²) < 4.78 is 0. The van der Waals surface area contributed by atoms with Gasteiger partial charge in [0.25, 0.3) is 0 Å². The van der Waals surface area contributed by atoms with E-state index >= 15 is 0 Å². The van der Waals surface area contributed by atoms with Crippen LogP contribution in [0.25, 0.3) is 6.08 Å². The van der Waals surface area contributed by atoms with Gasteiger partial charge >= 0.3 is 11.9 Å². The Labute approximate surface area is 107 Å². The molecule has 0 unspecified atom stereocenters. The first-order valence-corrected chi connectivity index (χ1v) is 5.27. The molecule has 0 aliphatic heterocycles. The van der Waals surface area contributed by atoms with Crippen molar-refractivity contribution in [3.8, 4) is 0 Å². The molecule has 0 bridgehead atoms. The van der Waals surface area contributed by atoms with Crippen LogP contribution < -0.4 is 0 Å². The molecule has 0 aliphatic carbocycles. The normalized spacial score (nSPS) is 11.3. The van der Waals surface area contributed by atoms with Gasteiger partial charge in [0, 0.05) is 21.2 Å². The molecule has 1 aromatic carbocycles. The summed E-state index contributed by atoms with van der Waals surface area (Å²) in [6, 6.07) is 4.69. The fourth-order valence-electron chi connectivity index (χ4n) is 1.17. The molecule has 6 heteroatoms. The zero-order valence-electron chi connectivity index (χ0n) is 8.48. The number of benzene rings is 1. The van der Waals surface area contributed by atoms with Crippen molar-refractivity contribution in [3.63, 3.8) is 0 Å². The highest BCUT2D eigenvalue weighted by atomic mass is 35.5. The van der Waals surface area contributed by atoms with Gasteiger partial charge in [-0.25, -0.2) is 4.79 Å². The van der Waals surface area contributed by atoms with Crippen LogP contribution in [0.3, 0.4) is 0 Å². The van der Waals surface area contributed by atoms with Crippen LogP contribution in [0.15, 0.2) is 23.8 Å².